The Kier molecular flexibility index (Phi) is 41.0. The molecule has 4 unspecified atom stereocenters. The van der Waals surface area contributed by atoms with Crippen LogP contribution in [0.3, 0.4) is 0 Å². The minimum absolute atomic E-state index is 0.0508. The van der Waals surface area contributed by atoms with Crippen LogP contribution in [0.5, 0.6) is 34.5 Å². The maximum atomic E-state index is 11.1. The van der Waals surface area contributed by atoms with Crippen molar-refractivity contribution in [2.24, 2.45) is 0 Å². The quantitative estimate of drug-likeness (QED) is 0.0456. The molecule has 0 bridgehead atoms. The molecule has 0 fully saturated rings. The third-order valence-electron chi connectivity index (χ3n) is 10.4. The first-order chi connectivity index (χ1) is 40.8. The second-order valence-corrected chi connectivity index (χ2v) is 23.7. The molecule has 90 heavy (non-hydrogen) atoms. The zero-order valence-electron chi connectivity index (χ0n) is 53.8. The van der Waals surface area contributed by atoms with E-state index in [0.29, 0.717) is 55.4 Å². The molecule has 4 aromatic rings. The van der Waals surface area contributed by atoms with Gasteiger partial charge in [-0.05, 0) is 56.3 Å². The van der Waals surface area contributed by atoms with E-state index in [1.54, 1.807) is 37.3 Å². The number of aromatic hydroxyl groups is 1. The van der Waals surface area contributed by atoms with Gasteiger partial charge in [-0.25, -0.2) is 14.4 Å². The molecule has 0 aliphatic carbocycles. The highest BCUT2D eigenvalue weighted by Gasteiger charge is 2.21. The molecule has 30 heteroatoms. The van der Waals surface area contributed by atoms with Crippen molar-refractivity contribution in [2.75, 3.05) is 125 Å². The van der Waals surface area contributed by atoms with Crippen LogP contribution >= 0.6 is 0 Å². The number of para-hydroxylation sites is 3. The number of phenolic OH excluding ortho intramolecular Hbond substituents is 1. The molecule has 0 spiro atoms. The summed E-state index contributed by atoms with van der Waals surface area (Å²) in [5.41, 5.74) is 0.260. The second-order valence-electron chi connectivity index (χ2n) is 23.7. The van der Waals surface area contributed by atoms with Gasteiger partial charge in [-0.3, -0.25) is 19.2 Å². The Morgan fingerprint density at radius 2 is 0.711 bits per heavy atom. The van der Waals surface area contributed by atoms with Gasteiger partial charge in [0.2, 0.25) is 0 Å². The summed E-state index contributed by atoms with van der Waals surface area (Å²) in [5, 5.41) is 148. The van der Waals surface area contributed by atoms with Gasteiger partial charge >= 0.3 is 41.8 Å². The molecule has 508 valence electrons. The average Bonchev–Trinajstić information content (AvgIpc) is 1.05. The van der Waals surface area contributed by atoms with E-state index in [-0.39, 0.29) is 59.3 Å². The number of aliphatic hydroxyl groups is 4. The molecular weight excluding hydrogens is 1190 g/mol. The Bertz CT molecular complexity index is 2730. The fraction of sp³-hybridized carbons (Fsp3) is 0.467. The number of phenols is 1. The fourth-order valence-electron chi connectivity index (χ4n) is 6.95. The van der Waals surface area contributed by atoms with Gasteiger partial charge in [-0.2, -0.15) is 0 Å². The predicted molar refractivity (Wildman–Crippen MR) is 318 cm³/mol. The Balaban J connectivity index is -0.000000470. The van der Waals surface area contributed by atoms with E-state index in [1.165, 1.54) is 57.5 Å². The van der Waals surface area contributed by atoms with Gasteiger partial charge in [0.1, 0.15) is 67.8 Å². The van der Waals surface area contributed by atoms with Crippen molar-refractivity contribution in [3.8, 4) is 34.5 Å². The van der Waals surface area contributed by atoms with Crippen molar-refractivity contribution in [1.82, 2.24) is 0 Å². The van der Waals surface area contributed by atoms with Crippen molar-refractivity contribution in [3.05, 3.63) is 106 Å². The highest BCUT2D eigenvalue weighted by molar-refractivity contribution is 5.92. The lowest BCUT2D eigenvalue weighted by Crippen LogP contribution is -2.42. The lowest BCUT2D eigenvalue weighted by molar-refractivity contribution is -0.873. The molecule has 0 aliphatic heterocycles. The van der Waals surface area contributed by atoms with Gasteiger partial charge < -0.3 is 114 Å². The predicted octanol–water partition coefficient (Wildman–Crippen LogP) is -0.122. The largest absolute Gasteiger partial charge is 0.872 e. The van der Waals surface area contributed by atoms with E-state index in [9.17, 15) is 58.8 Å². The van der Waals surface area contributed by atoms with Crippen LogP contribution in [0.25, 0.3) is 0 Å². The van der Waals surface area contributed by atoms with Crippen LogP contribution in [0, 0.1) is 13.8 Å². The second kappa shape index (κ2) is 42.1. The standard InChI is InChI=1S/2C8H8O4.2C8H8O3.4C7H15NO3/c1-4-2-5(8(11)12)3-6(9)7(4)10;1-12-6-4-2-3-5(7(6)9)8(10)11;1-11-7-5-3-2-4-6(7)8(9)10;1-5-3-2-4-6(7(5)9)8(10)11;4*1-8(2,3)5-6(9)4-7(10)11/h2-3,9-10H,1H3,(H,11,12);2-4,9H,1H3,(H,10,11);2-5H,1H3,(H,9,10);2-4,9H,1H3,(H,10,11);4*6,9H,4-5H2,1-3H3. The Morgan fingerprint density at radius 1 is 0.411 bits per heavy atom. The van der Waals surface area contributed by atoms with Crippen LogP contribution in [0.4, 0.5) is 0 Å². The molecule has 0 saturated carbocycles. The van der Waals surface area contributed by atoms with Gasteiger partial charge in [-0.1, -0.05) is 58.7 Å². The number of carbonyl (C=O) groups excluding carboxylic acids is 1. The van der Waals surface area contributed by atoms with Crippen LogP contribution in [-0.2, 0) is 19.2 Å². The number of carbonyl (C=O) groups is 8. The first-order valence-electron chi connectivity index (χ1n) is 26.8. The van der Waals surface area contributed by atoms with Crippen molar-refractivity contribution in [3.63, 3.8) is 0 Å². The van der Waals surface area contributed by atoms with Gasteiger partial charge in [0, 0.05) is 5.56 Å². The topological polar surface area (TPSA) is 490 Å². The van der Waals surface area contributed by atoms with Crippen LogP contribution in [0.1, 0.15) is 78.2 Å². The molecule has 0 amide bonds. The van der Waals surface area contributed by atoms with Crippen LogP contribution < -0.4 is 29.9 Å². The summed E-state index contributed by atoms with van der Waals surface area (Å²) >= 11 is 0. The SMILES string of the molecule is COc1cccc(C(=O)O)c1[O-].COc1ccccc1C(=O)[O-].C[N+](C)(C)CC(O)CC(=O)O.C[N+](C)(C)CC(O)CC(=O)O.C[N+](C)(C)CC(O)CC(=O)O.C[N+](C)(C)CC(O)CC(=O)O.Cc1cc(C(=O)O)cc(O)c1[O-].Cc1cccc(C(=O)O)c1[O-]. The molecule has 0 saturated heterocycles. The Hall–Kier alpha value is -8.88. The summed E-state index contributed by atoms with van der Waals surface area (Å²) in [6, 6.07) is 17.1. The molecule has 0 aliphatic rings. The number of hydrogen-bond donors (Lipinski definition) is 12. The molecule has 4 aromatic carbocycles. The normalized spacial score (nSPS) is 12.0. The number of likely N-dealkylation sites (N-methyl/N-ethyl adjacent to an activating group) is 4. The van der Waals surface area contributed by atoms with Crippen LogP contribution in [-0.4, -0.2) is 276 Å². The van der Waals surface area contributed by atoms with E-state index in [2.05, 4.69) is 4.74 Å². The van der Waals surface area contributed by atoms with Gasteiger partial charge in [0.15, 0.2) is 0 Å². The Labute approximate surface area is 523 Å². The van der Waals surface area contributed by atoms with Crippen molar-refractivity contribution in [1.29, 1.82) is 0 Å². The number of benzene rings is 4. The lowest BCUT2D eigenvalue weighted by atomic mass is 10.1. The third kappa shape index (κ3) is 46.3. The van der Waals surface area contributed by atoms with E-state index < -0.39 is 95.2 Å². The minimum atomic E-state index is -1.24. The maximum absolute atomic E-state index is 11.1. The molecule has 30 nitrogen and oxygen atoms in total. The third-order valence-corrected chi connectivity index (χ3v) is 10.4. The van der Waals surface area contributed by atoms with E-state index in [4.69, 9.17) is 66.0 Å². The zero-order valence-corrected chi connectivity index (χ0v) is 53.8. The number of carboxylic acids is 8. The van der Waals surface area contributed by atoms with Crippen LogP contribution in [0.15, 0.2) is 72.8 Å². The lowest BCUT2D eigenvalue weighted by Gasteiger charge is -2.25. The van der Waals surface area contributed by atoms with Gasteiger partial charge in [0.25, 0.3) is 0 Å². The first-order valence-corrected chi connectivity index (χ1v) is 26.8. The summed E-state index contributed by atoms with van der Waals surface area (Å²) < 4.78 is 11.8. The molecule has 0 heterocycles. The Morgan fingerprint density at radius 3 is 0.967 bits per heavy atom. The highest BCUT2D eigenvalue weighted by Crippen LogP contribution is 2.27. The molecule has 0 aromatic heterocycles. The number of aromatic carboxylic acids is 4. The van der Waals surface area contributed by atoms with Crippen molar-refractivity contribution < 1.29 is 147 Å². The summed E-state index contributed by atoms with van der Waals surface area (Å²) in [5.74, 6) is -10.3. The number of aryl methyl sites for hydroxylation is 2. The number of aliphatic carboxylic acids is 4. The summed E-state index contributed by atoms with van der Waals surface area (Å²) in [6.45, 7) is 4.90. The number of hydrogen-bond acceptors (Lipinski definition) is 19. The fourth-order valence-corrected chi connectivity index (χ4v) is 6.95. The number of aliphatic hydroxyl groups excluding tert-OH is 4. The van der Waals surface area contributed by atoms with Crippen molar-refractivity contribution >= 4 is 47.8 Å². The smallest absolute Gasteiger partial charge is 0.335 e. The molecule has 4 rings (SSSR count). The van der Waals surface area contributed by atoms with E-state index >= 15 is 0 Å². The molecule has 0 radical (unpaired) electrons. The minimum Gasteiger partial charge on any atom is -0.872 e. The van der Waals surface area contributed by atoms with Gasteiger partial charge in [0.05, 0.1) is 147 Å². The number of nitrogens with zero attached hydrogens (tertiary/aromatic N) is 4. The molecule has 12 N–H and O–H groups in total. The number of methoxy groups -OCH3 is 2. The summed E-state index contributed by atoms with van der Waals surface area (Å²) in [4.78, 5) is 82.1. The van der Waals surface area contributed by atoms with Gasteiger partial charge in [-0.15, -0.1) is 0 Å². The van der Waals surface area contributed by atoms with E-state index in [1.807, 2.05) is 84.6 Å². The molecular formula is C60H92N4O26. The number of ether oxygens (including phenoxy) is 2. The van der Waals surface area contributed by atoms with Crippen molar-refractivity contribution in [2.45, 2.75) is 63.9 Å². The zero-order chi connectivity index (χ0) is 71.4. The highest BCUT2D eigenvalue weighted by atomic mass is 16.5. The average molecular weight is 1290 g/mol. The summed E-state index contributed by atoms with van der Waals surface area (Å²) in [7, 11) is 25.6. The summed E-state index contributed by atoms with van der Waals surface area (Å²) in [6.07, 6.45) is -3.66. The monoisotopic (exact) mass is 1280 g/mol. The maximum Gasteiger partial charge on any atom is 0.335 e. The van der Waals surface area contributed by atoms with Crippen LogP contribution in [0.2, 0.25) is 0 Å². The number of carboxylic acid groups (broad SMARTS) is 8. The number of rotatable bonds is 22. The number of quaternary nitrogens is 4. The van der Waals surface area contributed by atoms with E-state index in [0.717, 1.165) is 6.07 Å². The first kappa shape index (κ1) is 87.6. The molecule has 4 atom stereocenters.